The van der Waals surface area contributed by atoms with Crippen molar-refractivity contribution in [3.05, 3.63) is 65.7 Å². The van der Waals surface area contributed by atoms with Crippen LogP contribution in [0.4, 0.5) is 10.5 Å². The van der Waals surface area contributed by atoms with Gasteiger partial charge in [0, 0.05) is 12.1 Å². The Morgan fingerprint density at radius 1 is 1.00 bits per heavy atom. The number of esters is 1. The summed E-state index contributed by atoms with van der Waals surface area (Å²) in [5, 5.41) is 2.51. The smallest absolute Gasteiger partial charge is 0.408 e. The molecule has 29 heavy (non-hydrogen) atoms. The SMILES string of the molecule is CCOC(=O)[C@H](Cc1cccc(NS(C)(=O)=O)c1)NC(=O)OCc1ccccc1. The van der Waals surface area contributed by atoms with Crippen LogP contribution in [0.3, 0.4) is 0 Å². The quantitative estimate of drug-likeness (QED) is 0.603. The van der Waals surface area contributed by atoms with Gasteiger partial charge in [0.1, 0.15) is 12.6 Å². The lowest BCUT2D eigenvalue weighted by atomic mass is 10.1. The van der Waals surface area contributed by atoms with Crippen molar-refractivity contribution < 1.29 is 27.5 Å². The first-order valence-corrected chi connectivity index (χ1v) is 10.9. The number of sulfonamides is 1. The lowest BCUT2D eigenvalue weighted by Gasteiger charge is -2.18. The Bertz CT molecular complexity index is 931. The van der Waals surface area contributed by atoms with E-state index >= 15 is 0 Å². The third kappa shape index (κ3) is 8.22. The zero-order chi connectivity index (χ0) is 21.3. The van der Waals surface area contributed by atoms with Crippen molar-refractivity contribution in [2.75, 3.05) is 17.6 Å². The van der Waals surface area contributed by atoms with Crippen LogP contribution >= 0.6 is 0 Å². The van der Waals surface area contributed by atoms with Crippen LogP contribution in [0.25, 0.3) is 0 Å². The first-order chi connectivity index (χ1) is 13.8. The van der Waals surface area contributed by atoms with E-state index in [1.807, 2.05) is 30.3 Å². The summed E-state index contributed by atoms with van der Waals surface area (Å²) < 4.78 is 35.4. The highest BCUT2D eigenvalue weighted by atomic mass is 32.2. The van der Waals surface area contributed by atoms with Crippen LogP contribution in [0, 0.1) is 0 Å². The van der Waals surface area contributed by atoms with Crippen molar-refractivity contribution in [2.24, 2.45) is 0 Å². The molecule has 0 saturated heterocycles. The number of ether oxygens (including phenoxy) is 2. The van der Waals surface area contributed by atoms with Crippen molar-refractivity contribution in [3.63, 3.8) is 0 Å². The first-order valence-electron chi connectivity index (χ1n) is 8.97. The number of carbonyl (C=O) groups is 2. The van der Waals surface area contributed by atoms with E-state index in [1.165, 1.54) is 0 Å². The highest BCUT2D eigenvalue weighted by molar-refractivity contribution is 7.92. The first kappa shape index (κ1) is 22.2. The maximum atomic E-state index is 12.3. The average Bonchev–Trinajstić information content (AvgIpc) is 2.66. The second kappa shape index (κ2) is 10.5. The molecule has 1 amide bonds. The summed E-state index contributed by atoms with van der Waals surface area (Å²) in [7, 11) is -3.43. The molecule has 2 aromatic rings. The maximum absolute atomic E-state index is 12.3. The second-order valence-electron chi connectivity index (χ2n) is 6.29. The van der Waals surface area contributed by atoms with E-state index in [1.54, 1.807) is 31.2 Å². The molecule has 0 aliphatic carbocycles. The van der Waals surface area contributed by atoms with Crippen molar-refractivity contribution in [2.45, 2.75) is 26.0 Å². The van der Waals surface area contributed by atoms with Gasteiger partial charge in [0.05, 0.1) is 12.9 Å². The minimum absolute atomic E-state index is 0.0655. The third-order valence-electron chi connectivity index (χ3n) is 3.75. The van der Waals surface area contributed by atoms with E-state index in [9.17, 15) is 18.0 Å². The molecule has 0 heterocycles. The Balaban J connectivity index is 2.05. The predicted octanol–water partition coefficient (Wildman–Crippen LogP) is 2.46. The van der Waals surface area contributed by atoms with Gasteiger partial charge in [-0.3, -0.25) is 4.72 Å². The summed E-state index contributed by atoms with van der Waals surface area (Å²) in [5.41, 5.74) is 1.81. The van der Waals surface area contributed by atoms with E-state index in [4.69, 9.17) is 9.47 Å². The molecule has 0 aliphatic rings. The summed E-state index contributed by atoms with van der Waals surface area (Å²) in [4.78, 5) is 24.4. The number of anilines is 1. The molecule has 0 aromatic heterocycles. The monoisotopic (exact) mass is 420 g/mol. The summed E-state index contributed by atoms with van der Waals surface area (Å²) in [6.45, 7) is 1.89. The van der Waals surface area contributed by atoms with Gasteiger partial charge in [0.15, 0.2) is 0 Å². The molecule has 0 saturated carbocycles. The molecule has 0 spiro atoms. The number of amides is 1. The Morgan fingerprint density at radius 2 is 1.69 bits per heavy atom. The molecule has 8 nitrogen and oxygen atoms in total. The summed E-state index contributed by atoms with van der Waals surface area (Å²) >= 11 is 0. The van der Waals surface area contributed by atoms with Crippen LogP contribution < -0.4 is 10.0 Å². The van der Waals surface area contributed by atoms with E-state index in [2.05, 4.69) is 10.0 Å². The van der Waals surface area contributed by atoms with Gasteiger partial charge in [0.2, 0.25) is 10.0 Å². The van der Waals surface area contributed by atoms with Crippen molar-refractivity contribution >= 4 is 27.8 Å². The van der Waals surface area contributed by atoms with Crippen molar-refractivity contribution in [1.29, 1.82) is 0 Å². The fourth-order valence-electron chi connectivity index (χ4n) is 2.55. The standard InChI is InChI=1S/C20H24N2O6S/c1-3-27-19(23)18(21-20(24)28-14-15-8-5-4-6-9-15)13-16-10-7-11-17(12-16)22-29(2,25)26/h4-12,18,22H,3,13-14H2,1-2H3,(H,21,24)/t18-/m0/s1. The van der Waals surface area contributed by atoms with Crippen LogP contribution in [0.2, 0.25) is 0 Å². The minimum Gasteiger partial charge on any atom is -0.464 e. The van der Waals surface area contributed by atoms with Gasteiger partial charge in [-0.25, -0.2) is 18.0 Å². The molecule has 0 fully saturated rings. The molecular formula is C20H24N2O6S. The van der Waals surface area contributed by atoms with Gasteiger partial charge in [-0.2, -0.15) is 0 Å². The number of rotatable bonds is 9. The van der Waals surface area contributed by atoms with Crippen LogP contribution in [-0.4, -0.2) is 39.4 Å². The van der Waals surface area contributed by atoms with E-state index in [0.717, 1.165) is 11.8 Å². The van der Waals surface area contributed by atoms with Gasteiger partial charge < -0.3 is 14.8 Å². The number of alkyl carbamates (subject to hydrolysis) is 1. The molecule has 1 atom stereocenters. The predicted molar refractivity (Wildman–Crippen MR) is 109 cm³/mol. The normalized spacial score (nSPS) is 11.9. The van der Waals surface area contributed by atoms with E-state index in [-0.39, 0.29) is 19.6 Å². The maximum Gasteiger partial charge on any atom is 0.408 e. The lowest BCUT2D eigenvalue weighted by molar-refractivity contribution is -0.145. The van der Waals surface area contributed by atoms with Crippen molar-refractivity contribution in [3.8, 4) is 0 Å². The van der Waals surface area contributed by atoms with Crippen LogP contribution in [-0.2, 0) is 37.3 Å². The molecule has 156 valence electrons. The molecule has 0 bridgehead atoms. The number of nitrogens with one attached hydrogen (secondary N) is 2. The van der Waals surface area contributed by atoms with Gasteiger partial charge in [-0.15, -0.1) is 0 Å². The fraction of sp³-hybridized carbons (Fsp3) is 0.300. The number of hydrogen-bond acceptors (Lipinski definition) is 6. The van der Waals surface area contributed by atoms with Crippen LogP contribution in [0.5, 0.6) is 0 Å². The molecule has 2 aromatic carbocycles. The highest BCUT2D eigenvalue weighted by Crippen LogP contribution is 2.14. The number of benzene rings is 2. The van der Waals surface area contributed by atoms with E-state index in [0.29, 0.717) is 11.3 Å². The molecule has 0 unspecified atom stereocenters. The minimum atomic E-state index is -3.43. The summed E-state index contributed by atoms with van der Waals surface area (Å²) in [5.74, 6) is -0.606. The Kier molecular flexibility index (Phi) is 8.02. The van der Waals surface area contributed by atoms with Gasteiger partial charge in [0.25, 0.3) is 0 Å². The number of hydrogen-bond donors (Lipinski definition) is 2. The fourth-order valence-corrected chi connectivity index (χ4v) is 3.11. The molecule has 2 rings (SSSR count). The zero-order valence-electron chi connectivity index (χ0n) is 16.3. The summed E-state index contributed by atoms with van der Waals surface area (Å²) in [6.07, 6.45) is 0.404. The molecule has 2 N–H and O–H groups in total. The van der Waals surface area contributed by atoms with E-state index < -0.39 is 28.1 Å². The third-order valence-corrected chi connectivity index (χ3v) is 4.35. The molecule has 0 aliphatic heterocycles. The van der Waals surface area contributed by atoms with Gasteiger partial charge >= 0.3 is 12.1 Å². The highest BCUT2D eigenvalue weighted by Gasteiger charge is 2.23. The van der Waals surface area contributed by atoms with Crippen LogP contribution in [0.1, 0.15) is 18.1 Å². The largest absolute Gasteiger partial charge is 0.464 e. The molecular weight excluding hydrogens is 396 g/mol. The summed E-state index contributed by atoms with van der Waals surface area (Å²) in [6, 6.07) is 14.7. The zero-order valence-corrected chi connectivity index (χ0v) is 17.1. The topological polar surface area (TPSA) is 111 Å². The average molecular weight is 420 g/mol. The van der Waals surface area contributed by atoms with Crippen LogP contribution in [0.15, 0.2) is 54.6 Å². The van der Waals surface area contributed by atoms with Gasteiger partial charge in [-0.05, 0) is 30.2 Å². The van der Waals surface area contributed by atoms with Crippen molar-refractivity contribution in [1.82, 2.24) is 5.32 Å². The Morgan fingerprint density at radius 3 is 2.34 bits per heavy atom. The molecule has 0 radical (unpaired) electrons. The second-order valence-corrected chi connectivity index (χ2v) is 8.04. The lowest BCUT2D eigenvalue weighted by Crippen LogP contribution is -2.43. The van der Waals surface area contributed by atoms with Gasteiger partial charge in [-0.1, -0.05) is 42.5 Å². The Hall–Kier alpha value is -3.07. The Labute approximate surface area is 170 Å². The number of carbonyl (C=O) groups excluding carboxylic acids is 2. The molecule has 9 heteroatoms.